The normalized spacial score (nSPS) is 5.83. The number of halogens is 1. The van der Waals surface area contributed by atoms with Crippen LogP contribution >= 0.6 is 12.4 Å². The molecule has 0 unspecified atom stereocenters. The van der Waals surface area contributed by atoms with Gasteiger partial charge in [-0.1, -0.05) is 0 Å². The van der Waals surface area contributed by atoms with Gasteiger partial charge in [0.15, 0.2) is 0 Å². The predicted octanol–water partition coefficient (Wildman–Crippen LogP) is 1.88. The van der Waals surface area contributed by atoms with Crippen LogP contribution in [0.3, 0.4) is 0 Å². The first-order valence-corrected chi connectivity index (χ1v) is 2.19. The summed E-state index contributed by atoms with van der Waals surface area (Å²) in [4.78, 5) is 1.90. The minimum Gasteiger partial charge on any atom is -0.147 e. The van der Waals surface area contributed by atoms with E-state index >= 15 is 0 Å². The Morgan fingerprint density at radius 1 is 1.50 bits per heavy atom. The molecule has 2 heteroatoms. The molecule has 0 aliphatic rings. The van der Waals surface area contributed by atoms with Crippen molar-refractivity contribution in [2.45, 2.75) is 13.8 Å². The van der Waals surface area contributed by atoms with Crippen molar-refractivity contribution in [3.05, 3.63) is 10.5 Å². The van der Waals surface area contributed by atoms with Gasteiger partial charge >= 0.3 is 40.4 Å². The fourth-order valence-corrected chi connectivity index (χ4v) is 0. The van der Waals surface area contributed by atoms with Gasteiger partial charge in [-0.2, -0.15) is 0 Å². The van der Waals surface area contributed by atoms with Crippen molar-refractivity contribution < 1.29 is 16.0 Å². The molecular weight excluding hydrogens is 138 g/mol. The van der Waals surface area contributed by atoms with Gasteiger partial charge in [-0.15, -0.1) is 12.4 Å². The van der Waals surface area contributed by atoms with Crippen LogP contribution in [0, 0.1) is 0 Å². The molecule has 0 spiro atoms. The van der Waals surface area contributed by atoms with Crippen molar-refractivity contribution in [1.82, 2.24) is 0 Å². The third kappa shape index (κ3) is 8.82. The molecule has 0 saturated heterocycles. The molecule has 38 valence electrons. The van der Waals surface area contributed by atoms with Crippen LogP contribution in [0.25, 0.3) is 0 Å². The van der Waals surface area contributed by atoms with E-state index < -0.39 is 0 Å². The first-order chi connectivity index (χ1) is 2.27. The zero-order chi connectivity index (χ0) is 4.28. The molecule has 0 nitrogen and oxygen atoms in total. The smallest absolute Gasteiger partial charge is 0.147 e. The van der Waals surface area contributed by atoms with Crippen LogP contribution in [0.2, 0.25) is 0 Å². The average Bonchev–Trinajstić information content (AvgIpc) is 1.38. The Bertz CT molecular complexity index is 45.5. The van der Waals surface area contributed by atoms with E-state index in [4.69, 9.17) is 0 Å². The van der Waals surface area contributed by atoms with E-state index in [1.807, 2.05) is 18.8 Å². The molecule has 0 amide bonds. The van der Waals surface area contributed by atoms with E-state index in [1.165, 1.54) is 5.57 Å². The Morgan fingerprint density at radius 3 is 1.67 bits per heavy atom. The summed E-state index contributed by atoms with van der Waals surface area (Å²) in [7, 11) is 0. The Kier molecular flexibility index (Phi) is 9.01. The van der Waals surface area contributed by atoms with Gasteiger partial charge in [-0.3, -0.25) is 0 Å². The Morgan fingerprint density at radius 2 is 1.67 bits per heavy atom. The minimum absolute atomic E-state index is 0. The van der Waals surface area contributed by atoms with Crippen molar-refractivity contribution in [3.8, 4) is 0 Å². The molecule has 0 aliphatic carbocycles. The molecule has 0 aromatic heterocycles. The molecule has 0 aromatic rings. The van der Waals surface area contributed by atoms with Gasteiger partial charge < -0.3 is 0 Å². The average molecular weight is 146 g/mol. The van der Waals surface area contributed by atoms with Crippen LogP contribution in [0.15, 0.2) is 10.5 Å². The standard InChI is InChI=1S/C4H7.ClH.Mn/c1-4(2)3;;/h1H,2-3H3;1H;. The van der Waals surface area contributed by atoms with E-state index in [0.717, 1.165) is 0 Å². The van der Waals surface area contributed by atoms with Gasteiger partial charge in [0.1, 0.15) is 0 Å². The van der Waals surface area contributed by atoms with Gasteiger partial charge in [-0.05, 0) is 0 Å². The molecule has 0 radical (unpaired) electrons. The molecule has 0 atom stereocenters. The summed E-state index contributed by atoms with van der Waals surface area (Å²) >= 11 is 3.15. The molecule has 0 saturated carbocycles. The Labute approximate surface area is 53.2 Å². The zero-order valence-electron chi connectivity index (χ0n) is 3.86. The number of hydrogen-bond acceptors (Lipinski definition) is 0. The van der Waals surface area contributed by atoms with Gasteiger partial charge in [0.2, 0.25) is 0 Å². The van der Waals surface area contributed by atoms with Crippen molar-refractivity contribution in [2.75, 3.05) is 0 Å². The van der Waals surface area contributed by atoms with Crippen LogP contribution in [-0.4, -0.2) is 0 Å². The topological polar surface area (TPSA) is 0 Å². The molecule has 0 rings (SSSR count). The van der Waals surface area contributed by atoms with Crippen LogP contribution in [-0.2, 0) is 16.0 Å². The maximum absolute atomic E-state index is 3.15. The maximum atomic E-state index is 3.15. The second-order valence-electron chi connectivity index (χ2n) is 1.19. The summed E-state index contributed by atoms with van der Waals surface area (Å²) < 4.78 is 0. The molecule has 0 aromatic carbocycles. The number of rotatable bonds is 0. The van der Waals surface area contributed by atoms with E-state index in [1.54, 1.807) is 0 Å². The first-order valence-electron chi connectivity index (χ1n) is 1.51. The van der Waals surface area contributed by atoms with Gasteiger partial charge in [0, 0.05) is 0 Å². The Hall–Kier alpha value is 0.549. The number of allylic oxidation sites excluding steroid dienone is 1. The third-order valence-corrected chi connectivity index (χ3v) is 0.900. The van der Waals surface area contributed by atoms with E-state index in [2.05, 4.69) is 16.0 Å². The van der Waals surface area contributed by atoms with Crippen molar-refractivity contribution in [1.29, 1.82) is 0 Å². The van der Waals surface area contributed by atoms with Crippen LogP contribution in [0.4, 0.5) is 0 Å². The molecule has 0 aliphatic heterocycles. The zero-order valence-corrected chi connectivity index (χ0v) is 5.86. The fraction of sp³-hybridized carbons (Fsp3) is 0.500. The molecule has 0 bridgehead atoms. The monoisotopic (exact) mass is 146 g/mol. The van der Waals surface area contributed by atoms with Crippen LogP contribution < -0.4 is 0 Å². The summed E-state index contributed by atoms with van der Waals surface area (Å²) in [6.45, 7) is 4.07. The van der Waals surface area contributed by atoms with Crippen molar-refractivity contribution in [3.63, 3.8) is 0 Å². The van der Waals surface area contributed by atoms with Crippen molar-refractivity contribution >= 4 is 12.4 Å². The van der Waals surface area contributed by atoms with E-state index in [9.17, 15) is 0 Å². The summed E-state index contributed by atoms with van der Waals surface area (Å²) in [5.74, 6) is 0. The summed E-state index contributed by atoms with van der Waals surface area (Å²) in [5, 5.41) is 0. The first kappa shape index (κ1) is 9.75. The summed E-state index contributed by atoms with van der Waals surface area (Å²) in [6.07, 6.45) is 0. The maximum Gasteiger partial charge on any atom is -0.147 e. The largest absolute Gasteiger partial charge is 0.147 e. The quantitative estimate of drug-likeness (QED) is 0.458. The van der Waals surface area contributed by atoms with Gasteiger partial charge in [0.25, 0.3) is 0 Å². The second-order valence-corrected chi connectivity index (χ2v) is 1.53. The Balaban J connectivity index is 0. The SMILES string of the molecule is CC(C)=[CH][Mn].Cl. The number of hydrogen-bond donors (Lipinski definition) is 0. The summed E-state index contributed by atoms with van der Waals surface area (Å²) in [5.41, 5.74) is 1.30. The van der Waals surface area contributed by atoms with Crippen LogP contribution in [0.1, 0.15) is 13.8 Å². The van der Waals surface area contributed by atoms with Gasteiger partial charge in [0.05, 0.1) is 0 Å². The molecule has 6 heavy (non-hydrogen) atoms. The van der Waals surface area contributed by atoms with E-state index in [-0.39, 0.29) is 12.4 Å². The molecular formula is C4H8ClMn. The van der Waals surface area contributed by atoms with Gasteiger partial charge in [-0.25, -0.2) is 0 Å². The second kappa shape index (κ2) is 5.55. The summed E-state index contributed by atoms with van der Waals surface area (Å²) in [6, 6.07) is 0. The third-order valence-electron chi connectivity index (χ3n) is 0.218. The predicted molar refractivity (Wildman–Crippen MR) is 26.7 cm³/mol. The molecule has 0 fully saturated rings. The van der Waals surface area contributed by atoms with Crippen LogP contribution in [0.5, 0.6) is 0 Å². The molecule has 0 heterocycles. The minimum atomic E-state index is 0. The van der Waals surface area contributed by atoms with Crippen molar-refractivity contribution in [2.24, 2.45) is 0 Å². The molecule has 0 N–H and O–H groups in total. The fourth-order valence-electron chi connectivity index (χ4n) is 0. The van der Waals surface area contributed by atoms with E-state index in [0.29, 0.717) is 0 Å².